The van der Waals surface area contributed by atoms with Crippen LogP contribution in [0.25, 0.3) is 0 Å². The molecule has 0 saturated carbocycles. The molecule has 8 nitrogen and oxygen atoms in total. The Morgan fingerprint density at radius 3 is 2.55 bits per heavy atom. The van der Waals surface area contributed by atoms with Crippen molar-refractivity contribution in [2.45, 2.75) is 29.5 Å². The van der Waals surface area contributed by atoms with Crippen LogP contribution < -0.4 is 0 Å². The quantitative estimate of drug-likeness (QED) is 0.553. The standard InChI is InChI=1S/C17H18N4S2.C2H2O4/c18-8-12-3-5-13(6-4-12)11-22-17-16(19-23-20-17)15-10-21-7-1-2-14(15)9-21;3-1(4)2(5)6/h3-6,14-15H,1-2,7,9-11H2;(H,3,4)(H,5,6). The van der Waals surface area contributed by atoms with Crippen LogP contribution in [-0.4, -0.2) is 55.4 Å². The summed E-state index contributed by atoms with van der Waals surface area (Å²) in [4.78, 5) is 20.8. The number of carboxylic acid groups (broad SMARTS) is 2. The number of carboxylic acids is 2. The molecule has 0 aliphatic carbocycles. The molecule has 29 heavy (non-hydrogen) atoms. The minimum Gasteiger partial charge on any atom is -0.473 e. The molecular formula is C19H20N4O4S2. The molecule has 0 spiro atoms. The van der Waals surface area contributed by atoms with E-state index in [1.54, 1.807) is 11.8 Å². The number of hydrogen-bond donors (Lipinski definition) is 2. The summed E-state index contributed by atoms with van der Waals surface area (Å²) in [6.07, 6.45) is 2.66. The Labute approximate surface area is 176 Å². The number of rotatable bonds is 4. The van der Waals surface area contributed by atoms with E-state index in [-0.39, 0.29) is 0 Å². The van der Waals surface area contributed by atoms with Gasteiger partial charge in [-0.3, -0.25) is 0 Å². The second-order valence-electron chi connectivity index (χ2n) is 6.93. The van der Waals surface area contributed by atoms with E-state index in [0.29, 0.717) is 11.5 Å². The molecule has 0 radical (unpaired) electrons. The van der Waals surface area contributed by atoms with Gasteiger partial charge in [-0.25, -0.2) is 9.59 Å². The van der Waals surface area contributed by atoms with Gasteiger partial charge in [-0.05, 0) is 43.0 Å². The first-order chi connectivity index (χ1) is 14.0. The van der Waals surface area contributed by atoms with Crippen LogP contribution >= 0.6 is 23.5 Å². The minimum absolute atomic E-state index is 0.569. The summed E-state index contributed by atoms with van der Waals surface area (Å²) in [6, 6.07) is 9.97. The number of aliphatic carboxylic acids is 2. The topological polar surface area (TPSA) is 127 Å². The maximum Gasteiger partial charge on any atom is 0.414 e. The molecule has 1 aromatic carbocycles. The van der Waals surface area contributed by atoms with Crippen LogP contribution in [0.2, 0.25) is 0 Å². The fraction of sp³-hybridized carbons (Fsp3) is 0.421. The zero-order valence-electron chi connectivity index (χ0n) is 15.5. The Bertz CT molecular complexity index is 898. The van der Waals surface area contributed by atoms with Gasteiger partial charge in [-0.1, -0.05) is 23.9 Å². The highest BCUT2D eigenvalue weighted by Crippen LogP contribution is 2.41. The van der Waals surface area contributed by atoms with E-state index in [1.165, 1.54) is 48.9 Å². The highest BCUT2D eigenvalue weighted by Gasteiger charge is 2.38. The van der Waals surface area contributed by atoms with Crippen molar-refractivity contribution >= 4 is 35.4 Å². The average Bonchev–Trinajstić information content (AvgIpc) is 3.30. The van der Waals surface area contributed by atoms with Gasteiger partial charge in [0, 0.05) is 24.8 Å². The summed E-state index contributed by atoms with van der Waals surface area (Å²) in [7, 11) is 0. The van der Waals surface area contributed by atoms with E-state index in [0.717, 1.165) is 23.2 Å². The third-order valence-electron chi connectivity index (χ3n) is 5.04. The molecule has 0 amide bonds. The Balaban J connectivity index is 0.000000353. The molecule has 2 aliphatic rings. The molecule has 10 heteroatoms. The lowest BCUT2D eigenvalue weighted by Crippen LogP contribution is -2.25. The molecule has 2 aliphatic heterocycles. The van der Waals surface area contributed by atoms with Crippen molar-refractivity contribution in [2.75, 3.05) is 19.6 Å². The number of nitriles is 1. The second-order valence-corrected chi connectivity index (χ2v) is 8.42. The summed E-state index contributed by atoms with van der Waals surface area (Å²) in [5.41, 5.74) is 3.16. The van der Waals surface area contributed by atoms with Gasteiger partial charge in [0.25, 0.3) is 0 Å². The van der Waals surface area contributed by atoms with E-state index in [4.69, 9.17) is 25.1 Å². The van der Waals surface area contributed by atoms with Crippen molar-refractivity contribution in [3.63, 3.8) is 0 Å². The summed E-state index contributed by atoms with van der Waals surface area (Å²) in [5, 5.41) is 24.8. The summed E-state index contributed by atoms with van der Waals surface area (Å²) >= 11 is 3.12. The molecule has 152 valence electrons. The van der Waals surface area contributed by atoms with Crippen LogP contribution in [0.3, 0.4) is 0 Å². The maximum absolute atomic E-state index is 9.10. The normalized spacial score (nSPS) is 22.2. The number of thioether (sulfide) groups is 1. The molecule has 3 atom stereocenters. The summed E-state index contributed by atoms with van der Waals surface area (Å²) in [5.74, 6) is -1.43. The number of benzene rings is 1. The van der Waals surface area contributed by atoms with E-state index < -0.39 is 11.9 Å². The first kappa shape index (κ1) is 21.2. The van der Waals surface area contributed by atoms with Crippen molar-refractivity contribution in [3.8, 4) is 6.07 Å². The van der Waals surface area contributed by atoms with Gasteiger partial charge in [-0.2, -0.15) is 14.0 Å². The van der Waals surface area contributed by atoms with Gasteiger partial charge in [0.05, 0.1) is 29.1 Å². The fourth-order valence-electron chi connectivity index (χ4n) is 3.66. The lowest BCUT2D eigenvalue weighted by Gasteiger charge is -2.21. The molecule has 3 unspecified atom stereocenters. The number of hydrogen-bond acceptors (Lipinski definition) is 8. The Kier molecular flexibility index (Phi) is 7.19. The largest absolute Gasteiger partial charge is 0.473 e. The molecular weight excluding hydrogens is 412 g/mol. The van der Waals surface area contributed by atoms with Crippen LogP contribution in [0.1, 0.15) is 35.6 Å². The number of piperidine rings is 1. The molecule has 4 rings (SSSR count). The van der Waals surface area contributed by atoms with Crippen LogP contribution in [0, 0.1) is 17.2 Å². The first-order valence-electron chi connectivity index (χ1n) is 9.10. The predicted octanol–water partition coefficient (Wildman–Crippen LogP) is 2.67. The van der Waals surface area contributed by atoms with Crippen molar-refractivity contribution in [3.05, 3.63) is 41.1 Å². The van der Waals surface area contributed by atoms with E-state index in [2.05, 4.69) is 19.7 Å². The number of nitrogens with zero attached hydrogens (tertiary/aromatic N) is 4. The Hall–Kier alpha value is -2.48. The third-order valence-corrected chi connectivity index (χ3v) is 6.75. The Morgan fingerprint density at radius 1 is 1.21 bits per heavy atom. The van der Waals surface area contributed by atoms with Gasteiger partial charge >= 0.3 is 11.9 Å². The zero-order valence-corrected chi connectivity index (χ0v) is 17.2. The lowest BCUT2D eigenvalue weighted by molar-refractivity contribution is -0.159. The van der Waals surface area contributed by atoms with Gasteiger partial charge in [0.15, 0.2) is 0 Å². The van der Waals surface area contributed by atoms with Crippen molar-refractivity contribution in [1.29, 1.82) is 5.26 Å². The smallest absolute Gasteiger partial charge is 0.414 e. The van der Waals surface area contributed by atoms with E-state index in [9.17, 15) is 0 Å². The Morgan fingerprint density at radius 2 is 1.93 bits per heavy atom. The highest BCUT2D eigenvalue weighted by atomic mass is 32.2. The minimum atomic E-state index is -1.82. The van der Waals surface area contributed by atoms with Crippen molar-refractivity contribution in [2.24, 2.45) is 5.92 Å². The zero-order chi connectivity index (χ0) is 20.8. The van der Waals surface area contributed by atoms with Crippen molar-refractivity contribution < 1.29 is 19.8 Å². The number of aromatic nitrogens is 2. The van der Waals surface area contributed by atoms with E-state index >= 15 is 0 Å². The first-order valence-corrected chi connectivity index (χ1v) is 10.8. The molecule has 1 aromatic heterocycles. The molecule has 2 fully saturated rings. The summed E-state index contributed by atoms with van der Waals surface area (Å²) in [6.45, 7) is 3.64. The van der Waals surface area contributed by atoms with Gasteiger partial charge in [-0.15, -0.1) is 0 Å². The average molecular weight is 433 g/mol. The lowest BCUT2D eigenvalue weighted by atomic mass is 9.89. The molecule has 3 heterocycles. The highest BCUT2D eigenvalue weighted by molar-refractivity contribution is 7.98. The maximum atomic E-state index is 9.10. The second kappa shape index (κ2) is 9.82. The van der Waals surface area contributed by atoms with Gasteiger partial charge in [0.1, 0.15) is 5.03 Å². The van der Waals surface area contributed by atoms with Crippen LogP contribution in [0.4, 0.5) is 0 Å². The van der Waals surface area contributed by atoms with Gasteiger partial charge in [0.2, 0.25) is 0 Å². The third kappa shape index (κ3) is 5.53. The predicted molar refractivity (Wildman–Crippen MR) is 108 cm³/mol. The number of fused-ring (bicyclic) bond motifs is 2. The molecule has 2 N–H and O–H groups in total. The molecule has 2 aromatic rings. The van der Waals surface area contributed by atoms with Crippen LogP contribution in [0.5, 0.6) is 0 Å². The molecule has 2 saturated heterocycles. The summed E-state index contributed by atoms with van der Waals surface area (Å²) < 4.78 is 9.18. The molecule has 2 bridgehead atoms. The van der Waals surface area contributed by atoms with E-state index in [1.807, 2.05) is 24.3 Å². The fourth-order valence-corrected chi connectivity index (χ4v) is 5.39. The van der Waals surface area contributed by atoms with Crippen LogP contribution in [0.15, 0.2) is 29.3 Å². The van der Waals surface area contributed by atoms with Crippen molar-refractivity contribution in [1.82, 2.24) is 13.6 Å². The SMILES string of the molecule is N#Cc1ccc(CSc2nsnc2C2CN3CCCC2C3)cc1.O=C(O)C(=O)O. The van der Waals surface area contributed by atoms with Crippen LogP contribution in [-0.2, 0) is 15.3 Å². The monoisotopic (exact) mass is 432 g/mol. The number of carbonyl (C=O) groups is 2. The van der Waals surface area contributed by atoms with Gasteiger partial charge < -0.3 is 15.1 Å².